The highest BCUT2D eigenvalue weighted by atomic mass is 16.5. The molecular weight excluding hydrogens is 232 g/mol. The number of nitrogens with zero attached hydrogens (tertiary/aromatic N) is 2. The number of aliphatic hydroxyl groups excluding tert-OH is 1. The minimum absolute atomic E-state index is 0.000350. The molecule has 1 aromatic carbocycles. The molecule has 18 heavy (non-hydrogen) atoms. The van der Waals surface area contributed by atoms with Gasteiger partial charge in [-0.3, -0.25) is 0 Å². The van der Waals surface area contributed by atoms with Gasteiger partial charge in [0.1, 0.15) is 5.75 Å². The molecule has 0 saturated carbocycles. The van der Waals surface area contributed by atoms with Gasteiger partial charge in [0.25, 0.3) is 5.89 Å². The lowest BCUT2D eigenvalue weighted by Gasteiger charge is -2.05. The third-order valence-corrected chi connectivity index (χ3v) is 2.68. The quantitative estimate of drug-likeness (QED) is 0.873. The molecule has 0 unspecified atom stereocenters. The smallest absolute Gasteiger partial charge is 0.253 e. The van der Waals surface area contributed by atoms with Crippen LogP contribution in [-0.4, -0.2) is 21.9 Å². The molecule has 0 atom stereocenters. The SMILES string of the molecule is Cc1ccc(OCc2nnc(CCO)o2)cc1C. The summed E-state index contributed by atoms with van der Waals surface area (Å²) in [7, 11) is 0. The molecule has 2 aromatic rings. The van der Waals surface area contributed by atoms with Crippen molar-refractivity contribution >= 4 is 0 Å². The molecule has 0 fully saturated rings. The Hall–Kier alpha value is -1.88. The Labute approximate surface area is 105 Å². The van der Waals surface area contributed by atoms with Crippen LogP contribution in [0.15, 0.2) is 22.6 Å². The number of aliphatic hydroxyl groups is 1. The van der Waals surface area contributed by atoms with Crippen LogP contribution in [0.5, 0.6) is 5.75 Å². The van der Waals surface area contributed by atoms with Gasteiger partial charge in [0.05, 0.1) is 6.61 Å². The van der Waals surface area contributed by atoms with Crippen molar-refractivity contribution in [3.8, 4) is 5.75 Å². The molecule has 1 aromatic heterocycles. The molecule has 0 radical (unpaired) electrons. The molecule has 0 amide bonds. The van der Waals surface area contributed by atoms with Gasteiger partial charge in [0, 0.05) is 6.42 Å². The molecule has 0 aliphatic rings. The highest BCUT2D eigenvalue weighted by Gasteiger charge is 2.06. The zero-order valence-corrected chi connectivity index (χ0v) is 10.5. The Bertz CT molecular complexity index is 523. The largest absolute Gasteiger partial charge is 0.484 e. The fourth-order valence-corrected chi connectivity index (χ4v) is 1.49. The second-order valence-corrected chi connectivity index (χ2v) is 4.10. The van der Waals surface area contributed by atoms with Crippen molar-refractivity contribution < 1.29 is 14.3 Å². The summed E-state index contributed by atoms with van der Waals surface area (Å²) >= 11 is 0. The van der Waals surface area contributed by atoms with E-state index in [0.29, 0.717) is 18.2 Å². The van der Waals surface area contributed by atoms with Crippen molar-refractivity contribution in [2.24, 2.45) is 0 Å². The molecule has 0 saturated heterocycles. The minimum Gasteiger partial charge on any atom is -0.484 e. The number of aryl methyl sites for hydroxylation is 2. The first-order valence-corrected chi connectivity index (χ1v) is 5.81. The molecule has 0 spiro atoms. The van der Waals surface area contributed by atoms with Crippen molar-refractivity contribution in [3.63, 3.8) is 0 Å². The lowest BCUT2D eigenvalue weighted by Crippen LogP contribution is -1.96. The van der Waals surface area contributed by atoms with Crippen molar-refractivity contribution in [2.75, 3.05) is 6.61 Å². The van der Waals surface area contributed by atoms with E-state index in [2.05, 4.69) is 17.1 Å². The van der Waals surface area contributed by atoms with E-state index in [0.717, 1.165) is 5.75 Å². The van der Waals surface area contributed by atoms with Gasteiger partial charge in [-0.1, -0.05) is 6.07 Å². The van der Waals surface area contributed by atoms with Gasteiger partial charge in [-0.25, -0.2) is 0 Å². The summed E-state index contributed by atoms with van der Waals surface area (Å²) in [6, 6.07) is 5.89. The lowest BCUT2D eigenvalue weighted by molar-refractivity contribution is 0.249. The maximum atomic E-state index is 8.73. The predicted molar refractivity (Wildman–Crippen MR) is 65.3 cm³/mol. The molecule has 0 aliphatic carbocycles. The molecular formula is C13H16N2O3. The average molecular weight is 248 g/mol. The van der Waals surface area contributed by atoms with E-state index in [1.165, 1.54) is 11.1 Å². The van der Waals surface area contributed by atoms with Crippen molar-refractivity contribution in [2.45, 2.75) is 26.9 Å². The maximum absolute atomic E-state index is 8.73. The summed E-state index contributed by atoms with van der Waals surface area (Å²) in [6.45, 7) is 4.33. The number of aromatic nitrogens is 2. The first-order valence-electron chi connectivity index (χ1n) is 5.81. The van der Waals surface area contributed by atoms with Crippen LogP contribution < -0.4 is 4.74 Å². The van der Waals surface area contributed by atoms with E-state index in [-0.39, 0.29) is 13.2 Å². The Morgan fingerprint density at radius 2 is 1.94 bits per heavy atom. The minimum atomic E-state index is -0.000350. The van der Waals surface area contributed by atoms with Crippen LogP contribution in [0.4, 0.5) is 0 Å². The third kappa shape index (κ3) is 3.07. The molecule has 96 valence electrons. The Balaban J connectivity index is 1.95. The molecule has 2 rings (SSSR count). The van der Waals surface area contributed by atoms with Crippen LogP contribution in [-0.2, 0) is 13.0 Å². The number of ether oxygens (including phenoxy) is 1. The van der Waals surface area contributed by atoms with Crippen molar-refractivity contribution in [1.29, 1.82) is 0 Å². The van der Waals surface area contributed by atoms with Crippen molar-refractivity contribution in [3.05, 3.63) is 41.1 Å². The molecule has 0 aliphatic heterocycles. The number of rotatable bonds is 5. The summed E-state index contributed by atoms with van der Waals surface area (Å²) in [5.41, 5.74) is 2.41. The van der Waals surface area contributed by atoms with Gasteiger partial charge in [0.2, 0.25) is 5.89 Å². The summed E-state index contributed by atoms with van der Waals surface area (Å²) in [4.78, 5) is 0. The molecule has 0 bridgehead atoms. The number of benzene rings is 1. The Kier molecular flexibility index (Phi) is 3.94. The van der Waals surface area contributed by atoms with E-state index in [1.807, 2.05) is 25.1 Å². The van der Waals surface area contributed by atoms with Crippen molar-refractivity contribution in [1.82, 2.24) is 10.2 Å². The third-order valence-electron chi connectivity index (χ3n) is 2.68. The van der Waals surface area contributed by atoms with Crippen LogP contribution in [0.2, 0.25) is 0 Å². The summed E-state index contributed by atoms with van der Waals surface area (Å²) in [5.74, 6) is 1.62. The van der Waals surface area contributed by atoms with Gasteiger partial charge in [-0.15, -0.1) is 10.2 Å². The average Bonchev–Trinajstić information content (AvgIpc) is 2.79. The zero-order chi connectivity index (χ0) is 13.0. The fourth-order valence-electron chi connectivity index (χ4n) is 1.49. The van der Waals surface area contributed by atoms with Crippen LogP contribution in [0.3, 0.4) is 0 Å². The molecule has 5 heteroatoms. The van der Waals surface area contributed by atoms with Gasteiger partial charge in [-0.05, 0) is 37.1 Å². The van der Waals surface area contributed by atoms with E-state index in [9.17, 15) is 0 Å². The first kappa shape index (κ1) is 12.6. The normalized spacial score (nSPS) is 10.6. The highest BCUT2D eigenvalue weighted by molar-refractivity contribution is 5.33. The van der Waals surface area contributed by atoms with Gasteiger partial charge in [-0.2, -0.15) is 0 Å². The van der Waals surface area contributed by atoms with Gasteiger partial charge in [0.15, 0.2) is 6.61 Å². The van der Waals surface area contributed by atoms with Crippen LogP contribution in [0.25, 0.3) is 0 Å². The first-order chi connectivity index (χ1) is 8.69. The Morgan fingerprint density at radius 3 is 2.67 bits per heavy atom. The fraction of sp³-hybridized carbons (Fsp3) is 0.385. The van der Waals surface area contributed by atoms with Crippen LogP contribution in [0, 0.1) is 13.8 Å². The van der Waals surface area contributed by atoms with E-state index in [4.69, 9.17) is 14.3 Å². The topological polar surface area (TPSA) is 68.4 Å². The van der Waals surface area contributed by atoms with E-state index < -0.39 is 0 Å². The standard InChI is InChI=1S/C13H16N2O3/c1-9-3-4-11(7-10(9)2)17-8-13-15-14-12(18-13)5-6-16/h3-4,7,16H,5-6,8H2,1-2H3. The number of hydrogen-bond donors (Lipinski definition) is 1. The highest BCUT2D eigenvalue weighted by Crippen LogP contribution is 2.17. The van der Waals surface area contributed by atoms with Gasteiger partial charge < -0.3 is 14.3 Å². The molecule has 1 heterocycles. The van der Waals surface area contributed by atoms with E-state index in [1.54, 1.807) is 0 Å². The number of hydrogen-bond acceptors (Lipinski definition) is 5. The maximum Gasteiger partial charge on any atom is 0.253 e. The summed E-state index contributed by atoms with van der Waals surface area (Å²) < 4.78 is 10.9. The van der Waals surface area contributed by atoms with Crippen LogP contribution >= 0.6 is 0 Å². The Morgan fingerprint density at radius 1 is 1.17 bits per heavy atom. The molecule has 5 nitrogen and oxygen atoms in total. The zero-order valence-electron chi connectivity index (χ0n) is 10.5. The van der Waals surface area contributed by atoms with Crippen LogP contribution in [0.1, 0.15) is 22.9 Å². The summed E-state index contributed by atoms with van der Waals surface area (Å²) in [6.07, 6.45) is 0.372. The second-order valence-electron chi connectivity index (χ2n) is 4.10. The van der Waals surface area contributed by atoms with E-state index >= 15 is 0 Å². The second kappa shape index (κ2) is 5.64. The van der Waals surface area contributed by atoms with Gasteiger partial charge >= 0.3 is 0 Å². The monoisotopic (exact) mass is 248 g/mol. The lowest BCUT2D eigenvalue weighted by atomic mass is 10.1. The molecule has 1 N–H and O–H groups in total. The predicted octanol–water partition coefficient (Wildman–Crippen LogP) is 1.80. The summed E-state index contributed by atoms with van der Waals surface area (Å²) in [5, 5.41) is 16.4.